The van der Waals surface area contributed by atoms with Gasteiger partial charge in [-0.3, -0.25) is 0 Å². The van der Waals surface area contributed by atoms with Gasteiger partial charge in [0.2, 0.25) is 5.95 Å². The maximum atomic E-state index is 12.9. The van der Waals surface area contributed by atoms with E-state index >= 15 is 0 Å². The van der Waals surface area contributed by atoms with Crippen LogP contribution in [0.25, 0.3) is 0 Å². The van der Waals surface area contributed by atoms with E-state index < -0.39 is 0 Å². The number of halogens is 2. The van der Waals surface area contributed by atoms with Crippen molar-refractivity contribution in [1.82, 2.24) is 9.97 Å². The Bertz CT molecular complexity index is 837. The fourth-order valence-corrected chi connectivity index (χ4v) is 2.43. The third-order valence-corrected chi connectivity index (χ3v) is 3.71. The highest BCUT2D eigenvalue weighted by Crippen LogP contribution is 2.22. The number of anilines is 3. The lowest BCUT2D eigenvalue weighted by atomic mass is 10.2. The zero-order chi connectivity index (χ0) is 16.9. The van der Waals surface area contributed by atoms with E-state index in [2.05, 4.69) is 20.6 Å². The molecule has 24 heavy (non-hydrogen) atoms. The molecule has 4 nitrogen and oxygen atoms in total. The first kappa shape index (κ1) is 16.2. The van der Waals surface area contributed by atoms with Gasteiger partial charge in [-0.25, -0.2) is 9.37 Å². The highest BCUT2D eigenvalue weighted by atomic mass is 35.5. The third kappa shape index (κ3) is 4.20. The lowest BCUT2D eigenvalue weighted by Crippen LogP contribution is -2.04. The SMILES string of the molecule is Cc1cc(Cl)ccc1Nc1nccc(NCc2ccc(F)cc2)n1. The number of nitrogens with one attached hydrogen (secondary N) is 2. The number of hydrogen-bond donors (Lipinski definition) is 2. The molecule has 0 aliphatic rings. The number of nitrogens with zero attached hydrogens (tertiary/aromatic N) is 2. The molecule has 1 heterocycles. The fraction of sp³-hybridized carbons (Fsp3) is 0.111. The van der Waals surface area contributed by atoms with E-state index in [1.807, 2.05) is 25.1 Å². The molecule has 0 aliphatic heterocycles. The quantitative estimate of drug-likeness (QED) is 0.690. The molecule has 0 unspecified atom stereocenters. The average Bonchev–Trinajstić information content (AvgIpc) is 2.57. The van der Waals surface area contributed by atoms with Crippen molar-refractivity contribution in [2.45, 2.75) is 13.5 Å². The molecule has 0 aliphatic carbocycles. The lowest BCUT2D eigenvalue weighted by molar-refractivity contribution is 0.627. The molecule has 0 atom stereocenters. The Labute approximate surface area is 144 Å². The summed E-state index contributed by atoms with van der Waals surface area (Å²) in [6.45, 7) is 2.52. The number of aryl methyl sites for hydroxylation is 1. The molecule has 122 valence electrons. The van der Waals surface area contributed by atoms with E-state index in [1.165, 1.54) is 12.1 Å². The van der Waals surface area contributed by atoms with Crippen LogP contribution in [0, 0.1) is 12.7 Å². The van der Waals surface area contributed by atoms with E-state index in [0.29, 0.717) is 23.3 Å². The van der Waals surface area contributed by atoms with Gasteiger partial charge >= 0.3 is 0 Å². The smallest absolute Gasteiger partial charge is 0.229 e. The van der Waals surface area contributed by atoms with Crippen molar-refractivity contribution in [3.8, 4) is 0 Å². The Kier molecular flexibility index (Phi) is 4.91. The Balaban J connectivity index is 1.68. The van der Waals surface area contributed by atoms with Crippen LogP contribution in [0.5, 0.6) is 0 Å². The summed E-state index contributed by atoms with van der Waals surface area (Å²) >= 11 is 5.96. The summed E-state index contributed by atoms with van der Waals surface area (Å²) in [5.74, 6) is 0.929. The molecule has 0 fully saturated rings. The molecule has 0 bridgehead atoms. The number of rotatable bonds is 5. The third-order valence-electron chi connectivity index (χ3n) is 3.48. The van der Waals surface area contributed by atoms with Gasteiger partial charge in [0.05, 0.1) is 0 Å². The molecule has 1 aromatic heterocycles. The molecule has 0 spiro atoms. The predicted octanol–water partition coefficient (Wildman–Crippen LogP) is 4.93. The first-order chi connectivity index (χ1) is 11.6. The highest BCUT2D eigenvalue weighted by molar-refractivity contribution is 6.30. The zero-order valence-electron chi connectivity index (χ0n) is 13.1. The molecule has 0 amide bonds. The second-order valence-electron chi connectivity index (χ2n) is 5.33. The lowest BCUT2D eigenvalue weighted by Gasteiger charge is -2.10. The second-order valence-corrected chi connectivity index (χ2v) is 5.77. The van der Waals surface area contributed by atoms with Gasteiger partial charge in [0.15, 0.2) is 0 Å². The van der Waals surface area contributed by atoms with Gasteiger partial charge in [-0.05, 0) is 54.4 Å². The molecule has 3 rings (SSSR count). The summed E-state index contributed by atoms with van der Waals surface area (Å²) in [5.41, 5.74) is 2.88. The largest absolute Gasteiger partial charge is 0.366 e. The van der Waals surface area contributed by atoms with Crippen LogP contribution in [0.4, 0.5) is 21.8 Å². The van der Waals surface area contributed by atoms with Gasteiger partial charge < -0.3 is 10.6 Å². The molecule has 3 aromatic rings. The molecular weight excluding hydrogens is 327 g/mol. The van der Waals surface area contributed by atoms with Crippen LogP contribution in [0.15, 0.2) is 54.7 Å². The first-order valence-electron chi connectivity index (χ1n) is 7.45. The van der Waals surface area contributed by atoms with Crippen molar-refractivity contribution in [3.63, 3.8) is 0 Å². The second kappa shape index (κ2) is 7.27. The maximum absolute atomic E-state index is 12.9. The minimum atomic E-state index is -0.245. The topological polar surface area (TPSA) is 49.8 Å². The van der Waals surface area contributed by atoms with Crippen LogP contribution in [-0.4, -0.2) is 9.97 Å². The Morgan fingerprint density at radius 1 is 1.08 bits per heavy atom. The van der Waals surface area contributed by atoms with Crippen molar-refractivity contribution in [3.05, 3.63) is 76.7 Å². The van der Waals surface area contributed by atoms with E-state index in [-0.39, 0.29) is 5.82 Å². The molecule has 2 N–H and O–H groups in total. The normalized spacial score (nSPS) is 10.5. The monoisotopic (exact) mass is 342 g/mol. The van der Waals surface area contributed by atoms with E-state index in [4.69, 9.17) is 11.6 Å². The Morgan fingerprint density at radius 2 is 1.88 bits per heavy atom. The molecule has 0 saturated carbocycles. The minimum Gasteiger partial charge on any atom is -0.366 e. The molecule has 0 saturated heterocycles. The molecule has 0 radical (unpaired) electrons. The van der Waals surface area contributed by atoms with Crippen LogP contribution in [-0.2, 0) is 6.54 Å². The van der Waals surface area contributed by atoms with Crippen molar-refractivity contribution < 1.29 is 4.39 Å². The summed E-state index contributed by atoms with van der Waals surface area (Å²) < 4.78 is 12.9. The number of hydrogen-bond acceptors (Lipinski definition) is 4. The van der Waals surface area contributed by atoms with Crippen molar-refractivity contribution in [2.75, 3.05) is 10.6 Å². The first-order valence-corrected chi connectivity index (χ1v) is 7.82. The molecule has 2 aromatic carbocycles. The van der Waals surface area contributed by atoms with E-state index in [9.17, 15) is 4.39 Å². The van der Waals surface area contributed by atoms with Gasteiger partial charge in [0, 0.05) is 23.5 Å². The van der Waals surface area contributed by atoms with Gasteiger partial charge in [0.25, 0.3) is 0 Å². The van der Waals surface area contributed by atoms with Crippen LogP contribution in [0.3, 0.4) is 0 Å². The van der Waals surface area contributed by atoms with Crippen molar-refractivity contribution in [1.29, 1.82) is 0 Å². The zero-order valence-corrected chi connectivity index (χ0v) is 13.8. The summed E-state index contributed by atoms with van der Waals surface area (Å²) in [4.78, 5) is 8.64. The molecule has 6 heteroatoms. The van der Waals surface area contributed by atoms with Gasteiger partial charge in [-0.1, -0.05) is 23.7 Å². The van der Waals surface area contributed by atoms with Crippen molar-refractivity contribution in [2.24, 2.45) is 0 Å². The van der Waals surface area contributed by atoms with Crippen LogP contribution < -0.4 is 10.6 Å². The van der Waals surface area contributed by atoms with Crippen LogP contribution in [0.1, 0.15) is 11.1 Å². The van der Waals surface area contributed by atoms with Gasteiger partial charge in [0.1, 0.15) is 11.6 Å². The standard InChI is InChI=1S/C18H16ClFN4/c1-12-10-14(19)4-7-16(12)23-18-21-9-8-17(24-18)22-11-13-2-5-15(20)6-3-13/h2-10H,11H2,1H3,(H2,21,22,23,24). The number of benzene rings is 2. The maximum Gasteiger partial charge on any atom is 0.229 e. The van der Waals surface area contributed by atoms with E-state index in [1.54, 1.807) is 24.4 Å². The van der Waals surface area contributed by atoms with Crippen LogP contribution in [0.2, 0.25) is 5.02 Å². The number of aromatic nitrogens is 2. The summed E-state index contributed by atoms with van der Waals surface area (Å²) in [6.07, 6.45) is 1.67. The van der Waals surface area contributed by atoms with Crippen molar-refractivity contribution >= 4 is 29.1 Å². The Morgan fingerprint density at radius 3 is 2.62 bits per heavy atom. The Hall–Kier alpha value is -2.66. The summed E-state index contributed by atoms with van der Waals surface area (Å²) in [5, 5.41) is 7.06. The summed E-state index contributed by atoms with van der Waals surface area (Å²) in [6, 6.07) is 13.7. The van der Waals surface area contributed by atoms with Crippen LogP contribution >= 0.6 is 11.6 Å². The van der Waals surface area contributed by atoms with E-state index in [0.717, 1.165) is 16.8 Å². The fourth-order valence-electron chi connectivity index (χ4n) is 2.20. The summed E-state index contributed by atoms with van der Waals surface area (Å²) in [7, 11) is 0. The minimum absolute atomic E-state index is 0.245. The van der Waals surface area contributed by atoms with Gasteiger partial charge in [-0.2, -0.15) is 4.98 Å². The average molecular weight is 343 g/mol. The highest BCUT2D eigenvalue weighted by Gasteiger charge is 2.03. The van der Waals surface area contributed by atoms with Gasteiger partial charge in [-0.15, -0.1) is 0 Å². The molecular formula is C18H16ClFN4. The predicted molar refractivity (Wildman–Crippen MR) is 95.2 cm³/mol.